The first kappa shape index (κ1) is 25.0. The summed E-state index contributed by atoms with van der Waals surface area (Å²) in [6.07, 6.45) is 4.38. The van der Waals surface area contributed by atoms with E-state index in [4.69, 9.17) is 14.6 Å². The predicted octanol–water partition coefficient (Wildman–Crippen LogP) is 3.14. The summed E-state index contributed by atoms with van der Waals surface area (Å²) in [7, 11) is 1.40. The Hall–Kier alpha value is -3.67. The molecule has 4 rings (SSSR count). The van der Waals surface area contributed by atoms with E-state index in [1.807, 2.05) is 24.5 Å². The predicted molar refractivity (Wildman–Crippen MR) is 117 cm³/mol. The molecule has 3 heterocycles. The van der Waals surface area contributed by atoms with Crippen molar-refractivity contribution in [3.63, 3.8) is 0 Å². The van der Waals surface area contributed by atoms with Crippen molar-refractivity contribution < 1.29 is 32.6 Å². The van der Waals surface area contributed by atoms with Crippen LogP contribution in [0.4, 0.5) is 19.0 Å². The molecule has 34 heavy (non-hydrogen) atoms. The Morgan fingerprint density at radius 2 is 2.09 bits per heavy atom. The number of benzene rings is 1. The molecule has 1 fully saturated rings. The third kappa shape index (κ3) is 6.22. The van der Waals surface area contributed by atoms with E-state index in [-0.39, 0.29) is 5.97 Å². The number of esters is 1. The largest absolute Gasteiger partial charge is 0.490 e. The third-order valence-electron chi connectivity index (χ3n) is 5.33. The summed E-state index contributed by atoms with van der Waals surface area (Å²) in [4.78, 5) is 34.9. The van der Waals surface area contributed by atoms with Crippen molar-refractivity contribution in [2.75, 3.05) is 25.1 Å². The number of carboxylic acid groups (broad SMARTS) is 1. The van der Waals surface area contributed by atoms with Crippen LogP contribution in [0.1, 0.15) is 28.8 Å². The summed E-state index contributed by atoms with van der Waals surface area (Å²) in [6.45, 7) is 2.66. The number of carbonyl (C=O) groups is 2. The van der Waals surface area contributed by atoms with E-state index in [2.05, 4.69) is 25.2 Å². The maximum absolute atomic E-state index is 11.9. The molecule has 0 saturated carbocycles. The summed E-state index contributed by atoms with van der Waals surface area (Å²) < 4.78 is 36.6. The molecule has 182 valence electrons. The summed E-state index contributed by atoms with van der Waals surface area (Å²) in [5.74, 6) is -2.15. The zero-order chi connectivity index (χ0) is 24.7. The van der Waals surface area contributed by atoms with Gasteiger partial charge in [0.1, 0.15) is 5.82 Å². The van der Waals surface area contributed by atoms with Gasteiger partial charge in [-0.25, -0.2) is 14.6 Å². The number of ether oxygens (including phenoxy) is 1. The highest BCUT2D eigenvalue weighted by Crippen LogP contribution is 2.23. The molecule has 0 spiro atoms. The molecular formula is C22H24F3N5O4. The van der Waals surface area contributed by atoms with E-state index < -0.39 is 12.1 Å². The van der Waals surface area contributed by atoms with Gasteiger partial charge in [-0.3, -0.25) is 4.98 Å². The Bertz CT molecular complexity index is 1120. The van der Waals surface area contributed by atoms with E-state index in [1.54, 1.807) is 18.5 Å². The molecule has 9 nitrogen and oxygen atoms in total. The van der Waals surface area contributed by atoms with Gasteiger partial charge in [-0.2, -0.15) is 13.2 Å². The molecule has 1 aliphatic rings. The van der Waals surface area contributed by atoms with Crippen molar-refractivity contribution in [1.29, 1.82) is 0 Å². The molecule has 0 aliphatic carbocycles. The fourth-order valence-corrected chi connectivity index (χ4v) is 3.70. The quantitative estimate of drug-likeness (QED) is 0.478. The van der Waals surface area contributed by atoms with Gasteiger partial charge in [0.05, 0.1) is 24.4 Å². The first-order valence-electron chi connectivity index (χ1n) is 10.4. The number of aliphatic carboxylic acids is 1. The van der Waals surface area contributed by atoms with Crippen LogP contribution in [0.3, 0.4) is 0 Å². The first-order valence-corrected chi connectivity index (χ1v) is 10.4. The normalized spacial score (nSPS) is 16.0. The first-order chi connectivity index (χ1) is 16.2. The van der Waals surface area contributed by atoms with Gasteiger partial charge in [-0.15, -0.1) is 0 Å². The highest BCUT2D eigenvalue weighted by atomic mass is 19.4. The molecule has 3 N–H and O–H groups in total. The number of alkyl halides is 3. The minimum atomic E-state index is -5.08. The van der Waals surface area contributed by atoms with Gasteiger partial charge < -0.3 is 25.0 Å². The van der Waals surface area contributed by atoms with Crippen LogP contribution >= 0.6 is 0 Å². The highest BCUT2D eigenvalue weighted by molar-refractivity contribution is 6.03. The van der Waals surface area contributed by atoms with Gasteiger partial charge in [0.25, 0.3) is 0 Å². The molecule has 3 aromatic rings. The zero-order valence-corrected chi connectivity index (χ0v) is 18.3. The molecule has 1 unspecified atom stereocenters. The second-order valence-corrected chi connectivity index (χ2v) is 7.57. The van der Waals surface area contributed by atoms with Crippen molar-refractivity contribution in [3.8, 4) is 0 Å². The molecular weight excluding hydrogens is 455 g/mol. The highest BCUT2D eigenvalue weighted by Gasteiger charge is 2.38. The minimum Gasteiger partial charge on any atom is -0.475 e. The lowest BCUT2D eigenvalue weighted by Gasteiger charge is -2.33. The van der Waals surface area contributed by atoms with Crippen LogP contribution in [0.25, 0.3) is 10.9 Å². The van der Waals surface area contributed by atoms with Crippen LogP contribution in [0.2, 0.25) is 0 Å². The van der Waals surface area contributed by atoms with E-state index in [9.17, 15) is 18.0 Å². The van der Waals surface area contributed by atoms with Gasteiger partial charge in [0.15, 0.2) is 0 Å². The number of nitrogens with one attached hydrogen (secondary N) is 2. The van der Waals surface area contributed by atoms with Crippen LogP contribution in [0, 0.1) is 0 Å². The number of hydrogen-bond acceptors (Lipinski definition) is 7. The Balaban J connectivity index is 0.000000406. The number of nitrogens with zero attached hydrogens (tertiary/aromatic N) is 3. The van der Waals surface area contributed by atoms with Gasteiger partial charge in [-0.1, -0.05) is 12.1 Å². The lowest BCUT2D eigenvalue weighted by molar-refractivity contribution is -0.192. The smallest absolute Gasteiger partial charge is 0.475 e. The number of aromatic nitrogens is 3. The minimum absolute atomic E-state index is 0.325. The van der Waals surface area contributed by atoms with E-state index >= 15 is 0 Å². The standard InChI is InChI=1S/C20H23N5O2.C2HF3O2/c1-27-20(26)17-6-2-5-16-14(11-24-19(16)17)10-23-15-4-3-9-25(13-15)18-12-21-7-8-22-18;3-2(4,5)1(6)7/h2,5-8,11-12,15,23-24H,3-4,9-10,13H2,1H3;(H,6,7). The van der Waals surface area contributed by atoms with E-state index in [1.165, 1.54) is 7.11 Å². The van der Waals surface area contributed by atoms with Gasteiger partial charge >= 0.3 is 18.1 Å². The number of anilines is 1. The van der Waals surface area contributed by atoms with Gasteiger partial charge in [-0.05, 0) is 24.5 Å². The summed E-state index contributed by atoms with van der Waals surface area (Å²) in [5, 5.41) is 11.8. The zero-order valence-electron chi connectivity index (χ0n) is 18.3. The van der Waals surface area contributed by atoms with Crippen molar-refractivity contribution in [3.05, 3.63) is 54.1 Å². The summed E-state index contributed by atoms with van der Waals surface area (Å²) in [6, 6.07) is 6.08. The summed E-state index contributed by atoms with van der Waals surface area (Å²) in [5.41, 5.74) is 2.53. The van der Waals surface area contributed by atoms with Crippen molar-refractivity contribution in [1.82, 2.24) is 20.3 Å². The topological polar surface area (TPSA) is 120 Å². The second-order valence-electron chi connectivity index (χ2n) is 7.57. The van der Waals surface area contributed by atoms with Crippen LogP contribution in [0.5, 0.6) is 0 Å². The number of aromatic amines is 1. The summed E-state index contributed by atoms with van der Waals surface area (Å²) >= 11 is 0. The molecule has 12 heteroatoms. The maximum atomic E-state index is 11.9. The lowest BCUT2D eigenvalue weighted by atomic mass is 10.0. The Labute approximate surface area is 193 Å². The van der Waals surface area contributed by atoms with Crippen LogP contribution in [-0.4, -0.2) is 64.4 Å². The average Bonchev–Trinajstić information content (AvgIpc) is 3.26. The van der Waals surface area contributed by atoms with Crippen molar-refractivity contribution >= 4 is 28.7 Å². The number of fused-ring (bicyclic) bond motifs is 1. The van der Waals surface area contributed by atoms with Gasteiger partial charge in [0, 0.05) is 49.7 Å². The number of rotatable bonds is 5. The fraction of sp³-hybridized carbons (Fsp3) is 0.364. The Morgan fingerprint density at radius 1 is 1.32 bits per heavy atom. The number of carboxylic acids is 1. The number of para-hydroxylation sites is 1. The molecule has 2 aromatic heterocycles. The number of carbonyl (C=O) groups excluding carboxylic acids is 1. The molecule has 1 aliphatic heterocycles. The number of hydrogen-bond donors (Lipinski definition) is 3. The molecule has 0 radical (unpaired) electrons. The number of methoxy groups -OCH3 is 1. The van der Waals surface area contributed by atoms with Crippen LogP contribution in [0.15, 0.2) is 43.0 Å². The lowest BCUT2D eigenvalue weighted by Crippen LogP contribution is -2.45. The second kappa shape index (κ2) is 11.0. The van der Waals surface area contributed by atoms with Crippen LogP contribution in [-0.2, 0) is 16.1 Å². The third-order valence-corrected chi connectivity index (χ3v) is 5.33. The van der Waals surface area contributed by atoms with E-state index in [0.29, 0.717) is 11.6 Å². The van der Waals surface area contributed by atoms with E-state index in [0.717, 1.165) is 54.8 Å². The molecule has 0 amide bonds. The number of halogens is 3. The monoisotopic (exact) mass is 479 g/mol. The Morgan fingerprint density at radius 3 is 2.74 bits per heavy atom. The Kier molecular flexibility index (Phi) is 8.05. The number of piperidine rings is 1. The van der Waals surface area contributed by atoms with Crippen molar-refractivity contribution in [2.45, 2.75) is 31.6 Å². The maximum Gasteiger partial charge on any atom is 0.490 e. The van der Waals surface area contributed by atoms with Gasteiger partial charge in [0.2, 0.25) is 0 Å². The molecule has 1 atom stereocenters. The molecule has 1 saturated heterocycles. The molecule has 0 bridgehead atoms. The molecule has 1 aromatic carbocycles. The average molecular weight is 479 g/mol. The SMILES string of the molecule is COC(=O)c1cccc2c(CNC3CCCN(c4cnccn4)C3)c[nH]c12.O=C(O)C(F)(F)F. The van der Waals surface area contributed by atoms with Crippen LogP contribution < -0.4 is 10.2 Å². The van der Waals surface area contributed by atoms with Crippen molar-refractivity contribution in [2.24, 2.45) is 0 Å². The number of H-pyrrole nitrogens is 1. The fourth-order valence-electron chi connectivity index (χ4n) is 3.70.